The molecule has 4 rings (SSSR count). The quantitative estimate of drug-likeness (QED) is 0.513. The van der Waals surface area contributed by atoms with E-state index in [-0.39, 0.29) is 35.6 Å². The number of carbonyl (C=O) groups is 2. The summed E-state index contributed by atoms with van der Waals surface area (Å²) in [6, 6.07) is 3.54. The molecule has 12 heteroatoms. The molecule has 2 fully saturated rings. The molecule has 1 saturated heterocycles. The molecule has 0 unspecified atom stereocenters. The van der Waals surface area contributed by atoms with Crippen LogP contribution < -0.4 is 16.4 Å². The Morgan fingerprint density at radius 1 is 1.23 bits per heavy atom. The molecule has 2 amide bonds. The summed E-state index contributed by atoms with van der Waals surface area (Å²) in [5.41, 5.74) is 4.57. The van der Waals surface area contributed by atoms with Crippen LogP contribution in [0.1, 0.15) is 31.2 Å². The van der Waals surface area contributed by atoms with Crippen molar-refractivity contribution < 1.29 is 27.5 Å². The number of nitrogens with one attached hydrogen (secondary N) is 2. The van der Waals surface area contributed by atoms with Crippen molar-refractivity contribution in [2.75, 3.05) is 38.7 Å². The summed E-state index contributed by atoms with van der Waals surface area (Å²) in [5.74, 6) is -0.419. The third-order valence-electron chi connectivity index (χ3n) is 7.03. The molecule has 1 aliphatic carbocycles. The Morgan fingerprint density at radius 2 is 1.94 bits per heavy atom. The summed E-state index contributed by atoms with van der Waals surface area (Å²) >= 11 is 0. The van der Waals surface area contributed by atoms with Gasteiger partial charge < -0.3 is 21.1 Å². The van der Waals surface area contributed by atoms with Gasteiger partial charge in [0.2, 0.25) is 11.8 Å². The molecule has 4 N–H and O–H groups in total. The van der Waals surface area contributed by atoms with Gasteiger partial charge in [-0.15, -0.1) is 0 Å². The van der Waals surface area contributed by atoms with Gasteiger partial charge in [0.15, 0.2) is 0 Å². The van der Waals surface area contributed by atoms with Crippen molar-refractivity contribution >= 4 is 28.5 Å². The highest BCUT2D eigenvalue weighted by Crippen LogP contribution is 2.39. The van der Waals surface area contributed by atoms with E-state index < -0.39 is 17.2 Å². The number of alkyl halides is 3. The lowest BCUT2D eigenvalue weighted by Crippen LogP contribution is -2.63. The van der Waals surface area contributed by atoms with Crippen molar-refractivity contribution in [1.29, 1.82) is 0 Å². The second kappa shape index (κ2) is 9.94. The number of methoxy groups -OCH3 is 1. The number of amides is 2. The zero-order valence-electron chi connectivity index (χ0n) is 19.4. The lowest BCUT2D eigenvalue weighted by molar-refractivity contribution is -0.137. The number of halogens is 3. The van der Waals surface area contributed by atoms with E-state index in [4.69, 9.17) is 10.5 Å². The number of anilines is 1. The molecule has 35 heavy (non-hydrogen) atoms. The number of primary amides is 1. The van der Waals surface area contributed by atoms with Crippen LogP contribution in [0, 0.1) is 5.41 Å². The molecule has 2 aromatic rings. The molecule has 2 aliphatic rings. The van der Waals surface area contributed by atoms with Gasteiger partial charge in [0.05, 0.1) is 35.7 Å². The molecule has 1 saturated carbocycles. The van der Waals surface area contributed by atoms with Crippen LogP contribution in [0.4, 0.5) is 19.0 Å². The standard InChI is InChI=1S/C23H29F3N6O3/c1-35-12-22(21(27)34)6-4-16(5-7-22)32-10-15(11-32)31-19(33)9-28-20-17-8-14(23(24,25)26)2-3-18(17)29-13-30-20/h2-3,8,13,15-16H,4-7,9-12H2,1H3,(H2,27,34)(H,31,33)(H,28,29,30). The highest BCUT2D eigenvalue weighted by Gasteiger charge is 2.43. The van der Waals surface area contributed by atoms with Gasteiger partial charge >= 0.3 is 6.18 Å². The number of nitrogens with two attached hydrogens (primary N) is 1. The summed E-state index contributed by atoms with van der Waals surface area (Å²) in [7, 11) is 1.57. The fourth-order valence-corrected chi connectivity index (χ4v) is 4.98. The van der Waals surface area contributed by atoms with Gasteiger partial charge in [0, 0.05) is 31.6 Å². The maximum Gasteiger partial charge on any atom is 0.416 e. The average Bonchev–Trinajstić information content (AvgIpc) is 2.79. The summed E-state index contributed by atoms with van der Waals surface area (Å²) in [6.07, 6.45) is -0.200. The molecule has 9 nitrogen and oxygen atoms in total. The predicted octanol–water partition coefficient (Wildman–Crippen LogP) is 1.92. The zero-order chi connectivity index (χ0) is 25.2. The maximum absolute atomic E-state index is 13.1. The van der Waals surface area contributed by atoms with Crippen LogP contribution in [0.2, 0.25) is 0 Å². The Morgan fingerprint density at radius 3 is 2.57 bits per heavy atom. The first-order valence-electron chi connectivity index (χ1n) is 11.5. The van der Waals surface area contributed by atoms with Gasteiger partial charge in [-0.25, -0.2) is 9.97 Å². The summed E-state index contributed by atoms with van der Waals surface area (Å²) in [4.78, 5) is 34.6. The second-order valence-corrected chi connectivity index (χ2v) is 9.33. The molecule has 1 aromatic heterocycles. The normalized spacial score (nSPS) is 23.6. The Kier molecular flexibility index (Phi) is 7.13. The van der Waals surface area contributed by atoms with E-state index in [1.165, 1.54) is 12.4 Å². The third-order valence-corrected chi connectivity index (χ3v) is 7.03. The number of rotatable bonds is 8. The van der Waals surface area contributed by atoms with E-state index >= 15 is 0 Å². The summed E-state index contributed by atoms with van der Waals surface area (Å²) in [5, 5.41) is 5.96. The van der Waals surface area contributed by atoms with Gasteiger partial charge in [-0.05, 0) is 43.9 Å². The van der Waals surface area contributed by atoms with Gasteiger partial charge in [0.25, 0.3) is 0 Å². The number of likely N-dealkylation sites (tertiary alicyclic amines) is 1. The minimum Gasteiger partial charge on any atom is -0.384 e. The largest absolute Gasteiger partial charge is 0.416 e. The third kappa shape index (κ3) is 5.48. The Bertz CT molecular complexity index is 1080. The lowest BCUT2D eigenvalue weighted by Gasteiger charge is -2.48. The van der Waals surface area contributed by atoms with Crippen LogP contribution >= 0.6 is 0 Å². The van der Waals surface area contributed by atoms with Crippen molar-refractivity contribution in [3.05, 3.63) is 30.1 Å². The predicted molar refractivity (Wildman–Crippen MR) is 122 cm³/mol. The molecule has 0 radical (unpaired) electrons. The van der Waals surface area contributed by atoms with E-state index in [9.17, 15) is 22.8 Å². The van der Waals surface area contributed by atoms with E-state index in [0.717, 1.165) is 25.0 Å². The molecular weight excluding hydrogens is 465 g/mol. The zero-order valence-corrected chi connectivity index (χ0v) is 19.4. The van der Waals surface area contributed by atoms with Crippen LogP contribution in [0.3, 0.4) is 0 Å². The fourth-order valence-electron chi connectivity index (χ4n) is 4.98. The number of aromatic nitrogens is 2. The Balaban J connectivity index is 1.25. The number of ether oxygens (including phenoxy) is 1. The van der Waals surface area contributed by atoms with Crippen LogP contribution in [-0.4, -0.2) is 72.1 Å². The van der Waals surface area contributed by atoms with Gasteiger partial charge in [-0.1, -0.05) is 0 Å². The smallest absolute Gasteiger partial charge is 0.384 e. The van der Waals surface area contributed by atoms with Crippen molar-refractivity contribution in [3.8, 4) is 0 Å². The van der Waals surface area contributed by atoms with Gasteiger partial charge in [-0.2, -0.15) is 13.2 Å². The van der Waals surface area contributed by atoms with Crippen LogP contribution in [0.25, 0.3) is 10.9 Å². The Labute approximate surface area is 200 Å². The van der Waals surface area contributed by atoms with Crippen molar-refractivity contribution in [1.82, 2.24) is 20.2 Å². The van der Waals surface area contributed by atoms with Crippen molar-refractivity contribution in [3.63, 3.8) is 0 Å². The molecule has 0 spiro atoms. The number of benzene rings is 1. The fraction of sp³-hybridized carbons (Fsp3) is 0.565. The first kappa shape index (κ1) is 25.1. The number of hydrogen-bond donors (Lipinski definition) is 3. The molecular formula is C23H29F3N6O3. The van der Waals surface area contributed by atoms with E-state index in [1.807, 2.05) is 0 Å². The number of fused-ring (bicyclic) bond motifs is 1. The first-order valence-corrected chi connectivity index (χ1v) is 11.5. The molecule has 190 valence electrons. The Hall–Kier alpha value is -2.99. The minimum absolute atomic E-state index is 0.00919. The molecule has 0 bridgehead atoms. The van der Waals surface area contributed by atoms with E-state index in [1.54, 1.807) is 7.11 Å². The van der Waals surface area contributed by atoms with Crippen LogP contribution in [0.5, 0.6) is 0 Å². The molecule has 1 aromatic carbocycles. The van der Waals surface area contributed by atoms with Crippen LogP contribution in [0.15, 0.2) is 24.5 Å². The topological polar surface area (TPSA) is 122 Å². The highest BCUT2D eigenvalue weighted by molar-refractivity contribution is 5.91. The second-order valence-electron chi connectivity index (χ2n) is 9.33. The summed E-state index contributed by atoms with van der Waals surface area (Å²) < 4.78 is 44.4. The van der Waals surface area contributed by atoms with E-state index in [0.29, 0.717) is 44.1 Å². The van der Waals surface area contributed by atoms with E-state index in [2.05, 4.69) is 25.5 Å². The maximum atomic E-state index is 13.1. The lowest BCUT2D eigenvalue weighted by atomic mass is 9.71. The number of carbonyl (C=O) groups excluding carboxylic acids is 2. The van der Waals surface area contributed by atoms with Crippen molar-refractivity contribution in [2.45, 2.75) is 43.9 Å². The first-order chi connectivity index (χ1) is 16.6. The highest BCUT2D eigenvalue weighted by atomic mass is 19.4. The SMILES string of the molecule is COCC1(C(N)=O)CCC(N2CC(NC(=O)CNc3ncnc4ccc(C(F)(F)F)cc34)C2)CC1. The summed E-state index contributed by atoms with van der Waals surface area (Å²) in [6.45, 7) is 1.62. The molecule has 1 aliphatic heterocycles. The van der Waals surface area contributed by atoms with Crippen LogP contribution in [-0.2, 0) is 20.5 Å². The van der Waals surface area contributed by atoms with Crippen molar-refractivity contribution in [2.24, 2.45) is 11.1 Å². The number of nitrogens with zero attached hydrogens (tertiary/aromatic N) is 3. The number of hydrogen-bond acceptors (Lipinski definition) is 7. The van der Waals surface area contributed by atoms with Gasteiger partial charge in [0.1, 0.15) is 12.1 Å². The monoisotopic (exact) mass is 494 g/mol. The minimum atomic E-state index is -4.49. The molecule has 2 heterocycles. The average molecular weight is 495 g/mol. The molecule has 0 atom stereocenters. The van der Waals surface area contributed by atoms with Gasteiger partial charge in [-0.3, -0.25) is 14.5 Å².